The van der Waals surface area contributed by atoms with Crippen molar-refractivity contribution in [1.82, 2.24) is 9.88 Å². The van der Waals surface area contributed by atoms with Crippen molar-refractivity contribution in [2.45, 2.75) is 18.9 Å². The van der Waals surface area contributed by atoms with E-state index in [1.165, 1.54) is 11.1 Å². The Hall–Kier alpha value is -2.20. The lowest BCUT2D eigenvalue weighted by atomic mass is 10.1. The summed E-state index contributed by atoms with van der Waals surface area (Å²) in [5.41, 5.74) is 6.16. The van der Waals surface area contributed by atoms with Gasteiger partial charge in [-0.05, 0) is 42.2 Å². The number of amides is 1. The molecule has 1 heterocycles. The summed E-state index contributed by atoms with van der Waals surface area (Å²) in [5.74, 6) is 0.0806. The molecule has 4 rings (SSSR count). The number of aromatic nitrogens is 1. The van der Waals surface area contributed by atoms with E-state index in [-0.39, 0.29) is 11.9 Å². The number of fused-ring (bicyclic) bond motifs is 2. The van der Waals surface area contributed by atoms with Gasteiger partial charge in [0.2, 0.25) is 0 Å². The lowest BCUT2D eigenvalue weighted by molar-refractivity contribution is 0.0731. The highest BCUT2D eigenvalue weighted by atomic mass is 32.1. The topological polar surface area (TPSA) is 33.2 Å². The summed E-state index contributed by atoms with van der Waals surface area (Å²) < 4.78 is 1.06. The van der Waals surface area contributed by atoms with Gasteiger partial charge in [-0.1, -0.05) is 24.3 Å². The van der Waals surface area contributed by atoms with Crippen molar-refractivity contribution in [3.8, 4) is 0 Å². The zero-order valence-electron chi connectivity index (χ0n) is 12.3. The standard InChI is InChI=1S/C18H16N2OS/c1-20(16-9-7-12-4-2-3-5-14(12)16)18(21)13-6-8-15-17(10-13)22-11-19-15/h2-6,8,10-11,16H,7,9H2,1H3. The number of hydrogen-bond donors (Lipinski definition) is 0. The molecule has 1 aromatic heterocycles. The first-order chi connectivity index (χ1) is 10.7. The van der Waals surface area contributed by atoms with Crippen molar-refractivity contribution >= 4 is 27.5 Å². The van der Waals surface area contributed by atoms with Crippen molar-refractivity contribution in [3.63, 3.8) is 0 Å². The lowest BCUT2D eigenvalue weighted by Gasteiger charge is -2.25. The third-order valence-electron chi connectivity index (χ3n) is 4.47. The SMILES string of the molecule is CN(C(=O)c1ccc2ncsc2c1)C1CCc2ccccc21. The molecule has 3 aromatic rings. The molecule has 4 heteroatoms. The average molecular weight is 308 g/mol. The summed E-state index contributed by atoms with van der Waals surface area (Å²) in [6, 6.07) is 14.4. The zero-order valence-corrected chi connectivity index (χ0v) is 13.1. The number of hydrogen-bond acceptors (Lipinski definition) is 3. The van der Waals surface area contributed by atoms with Crippen LogP contribution in [0.3, 0.4) is 0 Å². The largest absolute Gasteiger partial charge is 0.335 e. The number of carbonyl (C=O) groups is 1. The van der Waals surface area contributed by atoms with E-state index in [2.05, 4.69) is 29.2 Å². The Morgan fingerprint density at radius 1 is 1.27 bits per heavy atom. The summed E-state index contributed by atoms with van der Waals surface area (Å²) in [7, 11) is 1.91. The molecule has 1 amide bonds. The molecule has 0 aliphatic heterocycles. The van der Waals surface area contributed by atoms with Gasteiger partial charge in [-0.2, -0.15) is 0 Å². The first kappa shape index (κ1) is 13.5. The molecule has 3 nitrogen and oxygen atoms in total. The van der Waals surface area contributed by atoms with Crippen LogP contribution in [0.2, 0.25) is 0 Å². The number of nitrogens with zero attached hydrogens (tertiary/aromatic N) is 2. The highest BCUT2D eigenvalue weighted by Crippen LogP contribution is 2.35. The monoisotopic (exact) mass is 308 g/mol. The van der Waals surface area contributed by atoms with Gasteiger partial charge in [0, 0.05) is 12.6 Å². The van der Waals surface area contributed by atoms with Crippen LogP contribution in [-0.2, 0) is 6.42 Å². The van der Waals surface area contributed by atoms with Crippen molar-refractivity contribution in [2.24, 2.45) is 0 Å². The molecule has 1 aliphatic carbocycles. The highest BCUT2D eigenvalue weighted by Gasteiger charge is 2.28. The molecular formula is C18H16N2OS. The maximum atomic E-state index is 12.8. The molecule has 0 radical (unpaired) electrons. The molecule has 0 spiro atoms. The Kier molecular flexibility index (Phi) is 3.19. The molecule has 1 atom stereocenters. The van der Waals surface area contributed by atoms with Crippen LogP contribution < -0.4 is 0 Å². The van der Waals surface area contributed by atoms with E-state index in [1.54, 1.807) is 11.3 Å². The fraction of sp³-hybridized carbons (Fsp3) is 0.222. The number of rotatable bonds is 2. The Morgan fingerprint density at radius 2 is 2.14 bits per heavy atom. The van der Waals surface area contributed by atoms with Crippen LogP contribution in [0.5, 0.6) is 0 Å². The van der Waals surface area contributed by atoms with Crippen LogP contribution >= 0.6 is 11.3 Å². The fourth-order valence-electron chi connectivity index (χ4n) is 3.27. The van der Waals surface area contributed by atoms with E-state index in [1.807, 2.05) is 35.7 Å². The number of carbonyl (C=O) groups excluding carboxylic acids is 1. The van der Waals surface area contributed by atoms with Crippen molar-refractivity contribution in [2.75, 3.05) is 7.05 Å². The van der Waals surface area contributed by atoms with Gasteiger partial charge in [0.1, 0.15) is 0 Å². The molecule has 2 aromatic carbocycles. The minimum atomic E-state index is 0.0806. The van der Waals surface area contributed by atoms with Gasteiger partial charge in [-0.15, -0.1) is 11.3 Å². The Labute approximate surface area is 133 Å². The van der Waals surface area contributed by atoms with E-state index in [0.717, 1.165) is 28.6 Å². The summed E-state index contributed by atoms with van der Waals surface area (Å²) in [6.45, 7) is 0. The van der Waals surface area contributed by atoms with Crippen LogP contribution in [0.15, 0.2) is 48.0 Å². The van der Waals surface area contributed by atoms with E-state index < -0.39 is 0 Å². The van der Waals surface area contributed by atoms with Crippen LogP contribution in [-0.4, -0.2) is 22.8 Å². The number of thiazole rings is 1. The second-order valence-electron chi connectivity index (χ2n) is 5.70. The smallest absolute Gasteiger partial charge is 0.254 e. The first-order valence-electron chi connectivity index (χ1n) is 7.42. The van der Waals surface area contributed by atoms with Crippen molar-refractivity contribution < 1.29 is 4.79 Å². The van der Waals surface area contributed by atoms with E-state index >= 15 is 0 Å². The zero-order chi connectivity index (χ0) is 15.1. The van der Waals surface area contributed by atoms with Crippen molar-refractivity contribution in [3.05, 3.63) is 64.7 Å². The van der Waals surface area contributed by atoms with Gasteiger partial charge in [0.05, 0.1) is 21.8 Å². The van der Waals surface area contributed by atoms with Gasteiger partial charge < -0.3 is 4.90 Å². The molecular weight excluding hydrogens is 292 g/mol. The number of aryl methyl sites for hydroxylation is 1. The van der Waals surface area contributed by atoms with Gasteiger partial charge in [-0.3, -0.25) is 4.79 Å². The van der Waals surface area contributed by atoms with E-state index in [0.29, 0.717) is 0 Å². The van der Waals surface area contributed by atoms with Crippen LogP contribution in [0.25, 0.3) is 10.2 Å². The average Bonchev–Trinajstić information content (AvgIpc) is 3.19. The minimum absolute atomic E-state index is 0.0806. The molecule has 0 N–H and O–H groups in total. The minimum Gasteiger partial charge on any atom is -0.335 e. The summed E-state index contributed by atoms with van der Waals surface area (Å²) >= 11 is 1.57. The maximum Gasteiger partial charge on any atom is 0.254 e. The second kappa shape index (κ2) is 5.21. The summed E-state index contributed by atoms with van der Waals surface area (Å²) in [4.78, 5) is 19.0. The lowest BCUT2D eigenvalue weighted by Crippen LogP contribution is -2.30. The quantitative estimate of drug-likeness (QED) is 0.715. The van der Waals surface area contributed by atoms with Gasteiger partial charge in [0.25, 0.3) is 5.91 Å². The normalized spacial score (nSPS) is 16.7. The highest BCUT2D eigenvalue weighted by molar-refractivity contribution is 7.16. The molecule has 0 saturated heterocycles. The summed E-state index contributed by atoms with van der Waals surface area (Å²) in [6.07, 6.45) is 2.05. The first-order valence-corrected chi connectivity index (χ1v) is 8.30. The molecule has 0 saturated carbocycles. The van der Waals surface area contributed by atoms with Gasteiger partial charge >= 0.3 is 0 Å². The van der Waals surface area contributed by atoms with Gasteiger partial charge in [0.15, 0.2) is 0 Å². The van der Waals surface area contributed by atoms with Crippen LogP contribution in [0.4, 0.5) is 0 Å². The molecule has 0 fully saturated rings. The summed E-state index contributed by atoms with van der Waals surface area (Å²) in [5, 5.41) is 0. The molecule has 1 aliphatic rings. The molecule has 22 heavy (non-hydrogen) atoms. The molecule has 0 bridgehead atoms. The van der Waals surface area contributed by atoms with Crippen molar-refractivity contribution in [1.29, 1.82) is 0 Å². The number of benzene rings is 2. The fourth-order valence-corrected chi connectivity index (χ4v) is 3.99. The Balaban J connectivity index is 1.65. The predicted molar refractivity (Wildman–Crippen MR) is 89.2 cm³/mol. The maximum absolute atomic E-state index is 12.8. The second-order valence-corrected chi connectivity index (χ2v) is 6.59. The van der Waals surface area contributed by atoms with E-state index in [9.17, 15) is 4.79 Å². The van der Waals surface area contributed by atoms with E-state index in [4.69, 9.17) is 0 Å². The molecule has 110 valence electrons. The predicted octanol–water partition coefficient (Wildman–Crippen LogP) is 4.06. The Morgan fingerprint density at radius 3 is 3.05 bits per heavy atom. The van der Waals surface area contributed by atoms with Crippen LogP contribution in [0.1, 0.15) is 33.9 Å². The Bertz CT molecular complexity index is 855. The van der Waals surface area contributed by atoms with Gasteiger partial charge in [-0.25, -0.2) is 4.98 Å². The third kappa shape index (κ3) is 2.11. The third-order valence-corrected chi connectivity index (χ3v) is 5.26. The van der Waals surface area contributed by atoms with Crippen LogP contribution in [0, 0.1) is 0 Å². The molecule has 1 unspecified atom stereocenters.